The first-order valence-corrected chi connectivity index (χ1v) is 6.28. The van der Waals surface area contributed by atoms with Crippen LogP contribution in [0.15, 0.2) is 42.7 Å². The summed E-state index contributed by atoms with van der Waals surface area (Å²) in [5.41, 5.74) is 2.95. The average molecular weight is 283 g/mol. The molecule has 0 amide bonds. The van der Waals surface area contributed by atoms with Gasteiger partial charge in [-0.15, -0.1) is 5.10 Å². The lowest BCUT2D eigenvalue weighted by atomic mass is 10.2. The van der Waals surface area contributed by atoms with Gasteiger partial charge >= 0.3 is 0 Å². The van der Waals surface area contributed by atoms with Crippen molar-refractivity contribution < 1.29 is 0 Å². The lowest BCUT2D eigenvalue weighted by Crippen LogP contribution is -1.98. The van der Waals surface area contributed by atoms with Crippen molar-refractivity contribution in [2.24, 2.45) is 0 Å². The molecule has 0 N–H and O–H groups in total. The molecule has 0 saturated heterocycles. The second-order valence-corrected chi connectivity index (χ2v) is 4.57. The minimum Gasteiger partial charge on any atom is -0.256 e. The highest BCUT2D eigenvalue weighted by molar-refractivity contribution is 6.28. The molecular formula is C13H7ClN6. The zero-order valence-electron chi connectivity index (χ0n) is 10.1. The van der Waals surface area contributed by atoms with Gasteiger partial charge in [0.25, 0.3) is 0 Å². The van der Waals surface area contributed by atoms with Crippen LogP contribution in [-0.4, -0.2) is 29.9 Å². The van der Waals surface area contributed by atoms with Gasteiger partial charge in [0.2, 0.25) is 5.28 Å². The summed E-state index contributed by atoms with van der Waals surface area (Å²) in [5.74, 6) is 0. The molecule has 0 aliphatic carbocycles. The van der Waals surface area contributed by atoms with Crippen LogP contribution in [0.3, 0.4) is 0 Å². The van der Waals surface area contributed by atoms with E-state index in [4.69, 9.17) is 11.6 Å². The summed E-state index contributed by atoms with van der Waals surface area (Å²) in [5, 5.41) is 9.32. The molecule has 7 heteroatoms. The summed E-state index contributed by atoms with van der Waals surface area (Å²) in [6, 6.07) is 9.71. The second kappa shape index (κ2) is 4.21. The van der Waals surface area contributed by atoms with Crippen LogP contribution >= 0.6 is 11.6 Å². The van der Waals surface area contributed by atoms with Gasteiger partial charge < -0.3 is 0 Å². The fourth-order valence-corrected chi connectivity index (χ4v) is 2.20. The Morgan fingerprint density at radius 2 is 2.00 bits per heavy atom. The third-order valence-corrected chi connectivity index (χ3v) is 3.18. The first-order chi connectivity index (χ1) is 9.81. The van der Waals surface area contributed by atoms with Crippen molar-refractivity contribution >= 4 is 33.7 Å². The number of benzene rings is 1. The molecule has 0 radical (unpaired) electrons. The number of hydrogen-bond donors (Lipinski definition) is 0. The summed E-state index contributed by atoms with van der Waals surface area (Å²) in [7, 11) is 0. The second-order valence-electron chi connectivity index (χ2n) is 4.23. The molecule has 3 heterocycles. The molecule has 20 heavy (non-hydrogen) atoms. The van der Waals surface area contributed by atoms with Crippen LogP contribution in [0, 0.1) is 0 Å². The van der Waals surface area contributed by atoms with E-state index in [0.29, 0.717) is 11.2 Å². The van der Waals surface area contributed by atoms with Gasteiger partial charge in [-0.05, 0) is 35.9 Å². The summed E-state index contributed by atoms with van der Waals surface area (Å²) in [6.07, 6.45) is 3.32. The van der Waals surface area contributed by atoms with E-state index in [1.54, 1.807) is 17.1 Å². The predicted molar refractivity (Wildman–Crippen MR) is 74.8 cm³/mol. The van der Waals surface area contributed by atoms with Gasteiger partial charge in [-0.2, -0.15) is 9.67 Å². The zero-order chi connectivity index (χ0) is 13.5. The van der Waals surface area contributed by atoms with Gasteiger partial charge in [0.05, 0.1) is 17.4 Å². The summed E-state index contributed by atoms with van der Waals surface area (Å²) >= 11 is 5.83. The number of rotatable bonds is 1. The van der Waals surface area contributed by atoms with Crippen LogP contribution in [0.5, 0.6) is 0 Å². The molecule has 3 aromatic heterocycles. The van der Waals surface area contributed by atoms with E-state index in [0.717, 1.165) is 16.6 Å². The molecule has 0 fully saturated rings. The van der Waals surface area contributed by atoms with E-state index in [1.165, 1.54) is 0 Å². The first-order valence-electron chi connectivity index (χ1n) is 5.90. The van der Waals surface area contributed by atoms with Crippen molar-refractivity contribution in [2.45, 2.75) is 0 Å². The number of aromatic nitrogens is 6. The van der Waals surface area contributed by atoms with Crippen molar-refractivity contribution in [3.05, 3.63) is 48.0 Å². The van der Waals surface area contributed by atoms with Crippen LogP contribution in [-0.2, 0) is 0 Å². The molecule has 96 valence electrons. The van der Waals surface area contributed by atoms with Crippen LogP contribution in [0.25, 0.3) is 27.8 Å². The third kappa shape index (κ3) is 1.70. The molecule has 4 rings (SSSR count). The maximum atomic E-state index is 5.83. The molecule has 0 spiro atoms. The highest BCUT2D eigenvalue weighted by Gasteiger charge is 2.09. The van der Waals surface area contributed by atoms with E-state index in [-0.39, 0.29) is 5.28 Å². The van der Waals surface area contributed by atoms with Crippen molar-refractivity contribution in [2.75, 3.05) is 0 Å². The molecule has 6 nitrogen and oxygen atoms in total. The number of nitrogens with zero attached hydrogens (tertiary/aromatic N) is 6. The van der Waals surface area contributed by atoms with Crippen molar-refractivity contribution in [1.82, 2.24) is 29.9 Å². The van der Waals surface area contributed by atoms with Crippen molar-refractivity contribution in [3.8, 4) is 5.69 Å². The van der Waals surface area contributed by atoms with Gasteiger partial charge in [0.15, 0.2) is 11.2 Å². The number of fused-ring (bicyclic) bond motifs is 2. The predicted octanol–water partition coefficient (Wildman–Crippen LogP) is 2.41. The van der Waals surface area contributed by atoms with E-state index in [1.807, 2.05) is 30.3 Å². The number of halogens is 1. The van der Waals surface area contributed by atoms with Crippen molar-refractivity contribution in [3.63, 3.8) is 0 Å². The Balaban J connectivity index is 1.98. The first kappa shape index (κ1) is 11.2. The Morgan fingerprint density at radius 1 is 1.05 bits per heavy atom. The van der Waals surface area contributed by atoms with Crippen molar-refractivity contribution in [1.29, 1.82) is 0 Å². The van der Waals surface area contributed by atoms with Crippen LogP contribution in [0.4, 0.5) is 0 Å². The Morgan fingerprint density at radius 3 is 2.95 bits per heavy atom. The zero-order valence-corrected chi connectivity index (χ0v) is 10.9. The third-order valence-electron chi connectivity index (χ3n) is 2.99. The molecule has 0 saturated carbocycles. The maximum absolute atomic E-state index is 5.83. The lowest BCUT2D eigenvalue weighted by Gasteiger charge is -2.03. The number of hydrogen-bond acceptors (Lipinski definition) is 5. The fraction of sp³-hybridized carbons (Fsp3) is 0. The molecule has 0 aliphatic rings. The minimum atomic E-state index is 0.170. The van der Waals surface area contributed by atoms with Crippen LogP contribution < -0.4 is 0 Å². The normalized spacial score (nSPS) is 11.2. The Labute approximate surface area is 118 Å². The van der Waals surface area contributed by atoms with Crippen LogP contribution in [0.1, 0.15) is 0 Å². The SMILES string of the molecule is Clc1ncc2nnn(-c3ccc4ncccc4c3)c2n1. The summed E-state index contributed by atoms with van der Waals surface area (Å²) < 4.78 is 1.63. The summed E-state index contributed by atoms with van der Waals surface area (Å²) in [6.45, 7) is 0. The average Bonchev–Trinajstić information content (AvgIpc) is 2.89. The maximum Gasteiger partial charge on any atom is 0.224 e. The van der Waals surface area contributed by atoms with Gasteiger partial charge in [0.1, 0.15) is 0 Å². The van der Waals surface area contributed by atoms with Crippen LogP contribution in [0.2, 0.25) is 5.28 Å². The highest BCUT2D eigenvalue weighted by Crippen LogP contribution is 2.19. The monoisotopic (exact) mass is 282 g/mol. The van der Waals surface area contributed by atoms with Gasteiger partial charge in [-0.3, -0.25) is 4.98 Å². The minimum absolute atomic E-state index is 0.170. The van der Waals surface area contributed by atoms with Gasteiger partial charge in [0, 0.05) is 11.6 Å². The quantitative estimate of drug-likeness (QED) is 0.501. The fourth-order valence-electron chi connectivity index (χ4n) is 2.08. The van der Waals surface area contributed by atoms with E-state index in [9.17, 15) is 0 Å². The van der Waals surface area contributed by atoms with Gasteiger partial charge in [-0.25, -0.2) is 4.98 Å². The largest absolute Gasteiger partial charge is 0.256 e. The summed E-state index contributed by atoms with van der Waals surface area (Å²) in [4.78, 5) is 12.3. The Bertz CT molecular complexity index is 932. The molecule has 0 bridgehead atoms. The Hall–Kier alpha value is -2.60. The molecular weight excluding hydrogens is 276 g/mol. The lowest BCUT2D eigenvalue weighted by molar-refractivity contribution is 0.818. The molecule has 1 aromatic carbocycles. The number of pyridine rings is 1. The standard InChI is InChI=1S/C13H7ClN6/c14-13-16-7-11-12(17-13)20(19-18-11)9-3-4-10-8(6-9)2-1-5-15-10/h1-7H. The molecule has 0 atom stereocenters. The Kier molecular flexibility index (Phi) is 2.37. The molecule has 4 aromatic rings. The van der Waals surface area contributed by atoms with E-state index in [2.05, 4.69) is 25.3 Å². The van der Waals surface area contributed by atoms with Gasteiger partial charge in [-0.1, -0.05) is 11.3 Å². The van der Waals surface area contributed by atoms with E-state index < -0.39 is 0 Å². The smallest absolute Gasteiger partial charge is 0.224 e. The molecule has 0 aliphatic heterocycles. The van der Waals surface area contributed by atoms with E-state index >= 15 is 0 Å². The molecule has 0 unspecified atom stereocenters. The topological polar surface area (TPSA) is 69.4 Å². The highest BCUT2D eigenvalue weighted by atomic mass is 35.5.